The molecule has 76 valence electrons. The Morgan fingerprint density at radius 2 is 2.23 bits per heavy atom. The predicted molar refractivity (Wildman–Crippen MR) is 50.6 cm³/mol. The minimum atomic E-state index is -0.587. The van der Waals surface area contributed by atoms with Crippen molar-refractivity contribution in [3.8, 4) is 0 Å². The van der Waals surface area contributed by atoms with Gasteiger partial charge in [0.25, 0.3) is 0 Å². The van der Waals surface area contributed by atoms with Crippen LogP contribution in [0, 0.1) is 0 Å². The van der Waals surface area contributed by atoms with Gasteiger partial charge < -0.3 is 9.84 Å². The van der Waals surface area contributed by atoms with E-state index in [1.807, 2.05) is 0 Å². The molecule has 0 aromatic carbocycles. The zero-order valence-electron chi connectivity index (χ0n) is 8.49. The van der Waals surface area contributed by atoms with Crippen LogP contribution in [0.5, 0.6) is 0 Å². The lowest BCUT2D eigenvalue weighted by Gasteiger charge is -2.22. The molecule has 0 amide bonds. The van der Waals surface area contributed by atoms with Gasteiger partial charge in [0.05, 0.1) is 6.61 Å². The molecule has 1 saturated heterocycles. The average Bonchev–Trinajstić information content (AvgIpc) is 2.79. The molecule has 1 aliphatic carbocycles. The molecule has 1 aliphatic heterocycles. The van der Waals surface area contributed by atoms with Crippen LogP contribution in [0.1, 0.15) is 26.2 Å². The van der Waals surface area contributed by atoms with Gasteiger partial charge in [0, 0.05) is 25.7 Å². The highest BCUT2D eigenvalue weighted by Crippen LogP contribution is 2.37. The van der Waals surface area contributed by atoms with Crippen LogP contribution in [0.15, 0.2) is 0 Å². The summed E-state index contributed by atoms with van der Waals surface area (Å²) in [6, 6.07) is 1.27. The van der Waals surface area contributed by atoms with E-state index in [0.717, 1.165) is 19.0 Å². The Balaban J connectivity index is 1.96. The third-order valence-electron chi connectivity index (χ3n) is 3.15. The van der Waals surface area contributed by atoms with Gasteiger partial charge in [0.2, 0.25) is 0 Å². The van der Waals surface area contributed by atoms with Gasteiger partial charge in [0.1, 0.15) is 5.60 Å². The Hall–Kier alpha value is -0.120. The van der Waals surface area contributed by atoms with E-state index in [0.29, 0.717) is 12.6 Å². The summed E-state index contributed by atoms with van der Waals surface area (Å²) in [5, 5.41) is 10.1. The molecule has 0 radical (unpaired) electrons. The monoisotopic (exact) mass is 185 g/mol. The van der Waals surface area contributed by atoms with Gasteiger partial charge in [-0.3, -0.25) is 4.90 Å². The van der Waals surface area contributed by atoms with E-state index in [9.17, 15) is 5.11 Å². The molecular formula is C10H19NO2. The minimum absolute atomic E-state index is 0.473. The van der Waals surface area contributed by atoms with Crippen LogP contribution in [-0.4, -0.2) is 48.0 Å². The lowest BCUT2D eigenvalue weighted by Crippen LogP contribution is -2.38. The van der Waals surface area contributed by atoms with Crippen molar-refractivity contribution in [2.45, 2.75) is 43.9 Å². The molecular weight excluding hydrogens is 166 g/mol. The lowest BCUT2D eigenvalue weighted by molar-refractivity contribution is -0.0232. The zero-order valence-corrected chi connectivity index (χ0v) is 8.49. The van der Waals surface area contributed by atoms with Crippen molar-refractivity contribution in [3.63, 3.8) is 0 Å². The van der Waals surface area contributed by atoms with E-state index in [1.165, 1.54) is 12.8 Å². The van der Waals surface area contributed by atoms with E-state index in [4.69, 9.17) is 4.74 Å². The van der Waals surface area contributed by atoms with E-state index in [1.54, 1.807) is 7.11 Å². The topological polar surface area (TPSA) is 32.7 Å². The summed E-state index contributed by atoms with van der Waals surface area (Å²) in [4.78, 5) is 2.43. The van der Waals surface area contributed by atoms with Crippen LogP contribution in [0.3, 0.4) is 0 Å². The molecule has 13 heavy (non-hydrogen) atoms. The Bertz CT molecular complexity index is 193. The van der Waals surface area contributed by atoms with Crippen LogP contribution >= 0.6 is 0 Å². The fourth-order valence-electron chi connectivity index (χ4n) is 2.50. The van der Waals surface area contributed by atoms with Crippen LogP contribution in [0.2, 0.25) is 0 Å². The molecule has 2 rings (SSSR count). The van der Waals surface area contributed by atoms with Crippen LogP contribution in [-0.2, 0) is 4.74 Å². The smallest absolute Gasteiger partial charge is 0.102 e. The predicted octanol–water partition coefficient (Wildman–Crippen LogP) is 0.620. The summed E-state index contributed by atoms with van der Waals surface area (Å²) < 4.78 is 5.05. The number of β-amino-alcohol motifs (C(OH)–C–C–N with tert-alkyl or cyclic N) is 1. The number of hydrogen-bond acceptors (Lipinski definition) is 3. The van der Waals surface area contributed by atoms with Gasteiger partial charge in [-0.05, 0) is 26.2 Å². The van der Waals surface area contributed by atoms with Crippen molar-refractivity contribution in [1.29, 1.82) is 0 Å². The van der Waals surface area contributed by atoms with E-state index >= 15 is 0 Å². The van der Waals surface area contributed by atoms with Crippen molar-refractivity contribution in [2.24, 2.45) is 0 Å². The van der Waals surface area contributed by atoms with Gasteiger partial charge in [-0.25, -0.2) is 0 Å². The molecule has 3 nitrogen and oxygen atoms in total. The maximum Gasteiger partial charge on any atom is 0.102 e. The molecule has 3 heteroatoms. The minimum Gasteiger partial charge on any atom is -0.386 e. The van der Waals surface area contributed by atoms with Crippen molar-refractivity contribution >= 4 is 0 Å². The molecule has 2 atom stereocenters. The van der Waals surface area contributed by atoms with Crippen molar-refractivity contribution in [3.05, 3.63) is 0 Å². The van der Waals surface area contributed by atoms with Crippen LogP contribution in [0.4, 0.5) is 0 Å². The zero-order chi connectivity index (χ0) is 9.47. The van der Waals surface area contributed by atoms with Gasteiger partial charge in [-0.2, -0.15) is 0 Å². The number of aliphatic hydroxyl groups is 1. The molecule has 1 N–H and O–H groups in total. The summed E-state index contributed by atoms with van der Waals surface area (Å²) in [6.45, 7) is 3.47. The fraction of sp³-hybridized carbons (Fsp3) is 1.00. The first kappa shape index (κ1) is 9.44. The summed E-state index contributed by atoms with van der Waals surface area (Å²) in [5.41, 5.74) is -0.587. The highest BCUT2D eigenvalue weighted by Gasteiger charge is 2.45. The Morgan fingerprint density at radius 3 is 2.77 bits per heavy atom. The quantitative estimate of drug-likeness (QED) is 0.699. The van der Waals surface area contributed by atoms with Gasteiger partial charge in [-0.15, -0.1) is 0 Å². The average molecular weight is 185 g/mol. The summed E-state index contributed by atoms with van der Waals surface area (Å²) in [6.07, 6.45) is 3.48. The Kier molecular flexibility index (Phi) is 2.34. The van der Waals surface area contributed by atoms with Crippen LogP contribution in [0.25, 0.3) is 0 Å². The molecule has 1 saturated carbocycles. The molecule has 2 unspecified atom stereocenters. The Labute approximate surface area is 79.7 Å². The van der Waals surface area contributed by atoms with Gasteiger partial charge in [-0.1, -0.05) is 0 Å². The third kappa shape index (κ3) is 1.87. The number of rotatable bonds is 3. The summed E-state index contributed by atoms with van der Waals surface area (Å²) in [5.74, 6) is 0. The number of nitrogens with zero attached hydrogens (tertiary/aromatic N) is 1. The van der Waals surface area contributed by atoms with E-state index in [-0.39, 0.29) is 0 Å². The largest absolute Gasteiger partial charge is 0.386 e. The molecule has 0 bridgehead atoms. The maximum atomic E-state index is 10.1. The molecule has 0 aromatic rings. The first-order valence-electron chi connectivity index (χ1n) is 5.12. The van der Waals surface area contributed by atoms with Gasteiger partial charge >= 0.3 is 0 Å². The summed E-state index contributed by atoms with van der Waals surface area (Å²) >= 11 is 0. The van der Waals surface area contributed by atoms with Crippen molar-refractivity contribution < 1.29 is 9.84 Å². The third-order valence-corrected chi connectivity index (χ3v) is 3.15. The fourth-order valence-corrected chi connectivity index (χ4v) is 2.50. The number of likely N-dealkylation sites (tertiary alicyclic amines) is 1. The second-order valence-corrected chi connectivity index (χ2v) is 4.61. The highest BCUT2D eigenvalue weighted by molar-refractivity contribution is 5.00. The second-order valence-electron chi connectivity index (χ2n) is 4.61. The molecule has 0 aromatic heterocycles. The molecule has 0 spiro atoms. The van der Waals surface area contributed by atoms with Crippen molar-refractivity contribution in [1.82, 2.24) is 4.90 Å². The number of methoxy groups -OCH3 is 1. The Morgan fingerprint density at radius 1 is 1.54 bits per heavy atom. The first-order chi connectivity index (χ1) is 6.14. The van der Waals surface area contributed by atoms with E-state index < -0.39 is 5.60 Å². The van der Waals surface area contributed by atoms with E-state index in [2.05, 4.69) is 11.8 Å². The van der Waals surface area contributed by atoms with Crippen LogP contribution < -0.4 is 0 Å². The molecule has 1 heterocycles. The molecule has 2 aliphatic rings. The summed E-state index contributed by atoms with van der Waals surface area (Å²) in [7, 11) is 1.66. The second kappa shape index (κ2) is 3.23. The lowest BCUT2D eigenvalue weighted by atomic mass is 10.0. The number of ether oxygens (including phenoxy) is 1. The standard InChI is InChI=1S/C10H19NO2/c1-8-5-10(12,7-13-2)6-11(8)9-3-4-9/h8-9,12H,3-7H2,1-2H3. The first-order valence-corrected chi connectivity index (χ1v) is 5.12. The normalized spacial score (nSPS) is 41.3. The number of hydrogen-bond donors (Lipinski definition) is 1. The van der Waals surface area contributed by atoms with Crippen molar-refractivity contribution in [2.75, 3.05) is 20.3 Å². The SMILES string of the molecule is COCC1(O)CC(C)N(C2CC2)C1. The molecule has 2 fully saturated rings. The highest BCUT2D eigenvalue weighted by atomic mass is 16.5. The van der Waals surface area contributed by atoms with Gasteiger partial charge in [0.15, 0.2) is 0 Å². The maximum absolute atomic E-state index is 10.1.